The Balaban J connectivity index is 2.21. The zero-order valence-corrected chi connectivity index (χ0v) is 9.40. The van der Waals surface area contributed by atoms with Crippen molar-refractivity contribution in [2.75, 3.05) is 6.61 Å². The molecule has 84 valence electrons. The van der Waals surface area contributed by atoms with Crippen LogP contribution in [0.25, 0.3) is 11.3 Å². The molecule has 0 aliphatic carbocycles. The van der Waals surface area contributed by atoms with E-state index in [2.05, 4.69) is 41.2 Å². The molecule has 3 heteroatoms. The lowest BCUT2D eigenvalue weighted by Crippen LogP contribution is -1.92. The highest BCUT2D eigenvalue weighted by molar-refractivity contribution is 5.58. The minimum absolute atomic E-state index is 0.127. The lowest BCUT2D eigenvalue weighted by atomic mass is 10.1. The predicted octanol–water partition coefficient (Wildman–Crippen LogP) is 2.17. The Labute approximate surface area is 95.2 Å². The van der Waals surface area contributed by atoms with Gasteiger partial charge in [0, 0.05) is 6.42 Å². The third kappa shape index (κ3) is 2.31. The average Bonchev–Trinajstić information content (AvgIpc) is 2.78. The predicted molar refractivity (Wildman–Crippen MR) is 64.2 cm³/mol. The van der Waals surface area contributed by atoms with Crippen LogP contribution in [0.1, 0.15) is 18.3 Å². The Morgan fingerprint density at radius 2 is 2.00 bits per heavy atom. The molecule has 0 fully saturated rings. The van der Waals surface area contributed by atoms with Crippen molar-refractivity contribution in [3.8, 4) is 11.3 Å². The van der Waals surface area contributed by atoms with Gasteiger partial charge in [-0.2, -0.15) is 0 Å². The smallest absolute Gasteiger partial charge is 0.108 e. The minimum Gasteiger partial charge on any atom is -0.396 e. The number of aromatic amines is 1. The molecule has 2 rings (SSSR count). The van der Waals surface area contributed by atoms with Gasteiger partial charge in [-0.1, -0.05) is 31.2 Å². The van der Waals surface area contributed by atoms with Gasteiger partial charge in [0.25, 0.3) is 0 Å². The van der Waals surface area contributed by atoms with Crippen molar-refractivity contribution in [3.63, 3.8) is 0 Å². The minimum atomic E-state index is 0.127. The van der Waals surface area contributed by atoms with Gasteiger partial charge in [-0.05, 0) is 17.5 Å². The maximum atomic E-state index is 8.81. The molecule has 0 bridgehead atoms. The first kappa shape index (κ1) is 10.9. The van der Waals surface area contributed by atoms with Crippen molar-refractivity contribution in [1.82, 2.24) is 9.97 Å². The number of aromatic nitrogens is 2. The van der Waals surface area contributed by atoms with E-state index < -0.39 is 0 Å². The van der Waals surface area contributed by atoms with E-state index in [4.69, 9.17) is 5.11 Å². The number of aryl methyl sites for hydroxylation is 1. The number of benzene rings is 1. The Kier molecular flexibility index (Phi) is 3.37. The fourth-order valence-electron chi connectivity index (χ4n) is 1.66. The number of hydrogen-bond acceptors (Lipinski definition) is 2. The number of rotatable bonds is 4. The van der Waals surface area contributed by atoms with Crippen molar-refractivity contribution in [2.45, 2.75) is 19.8 Å². The quantitative estimate of drug-likeness (QED) is 0.823. The first-order valence-electron chi connectivity index (χ1n) is 5.57. The van der Waals surface area contributed by atoms with Gasteiger partial charge < -0.3 is 10.1 Å². The van der Waals surface area contributed by atoms with E-state index in [0.29, 0.717) is 6.42 Å². The van der Waals surface area contributed by atoms with Crippen molar-refractivity contribution in [1.29, 1.82) is 0 Å². The highest BCUT2D eigenvalue weighted by atomic mass is 16.3. The summed E-state index contributed by atoms with van der Waals surface area (Å²) in [6.45, 7) is 2.27. The van der Waals surface area contributed by atoms with Crippen molar-refractivity contribution < 1.29 is 5.11 Å². The van der Waals surface area contributed by atoms with Crippen LogP contribution in [0.2, 0.25) is 0 Å². The SMILES string of the molecule is CCc1ccc(-c2cnc(CCO)[nH]2)cc1. The van der Waals surface area contributed by atoms with Crippen LogP contribution in [-0.4, -0.2) is 21.7 Å². The molecule has 0 radical (unpaired) electrons. The highest BCUT2D eigenvalue weighted by Crippen LogP contribution is 2.17. The summed E-state index contributed by atoms with van der Waals surface area (Å²) in [6.07, 6.45) is 3.44. The van der Waals surface area contributed by atoms with E-state index in [9.17, 15) is 0 Å². The zero-order valence-electron chi connectivity index (χ0n) is 9.40. The highest BCUT2D eigenvalue weighted by Gasteiger charge is 2.02. The maximum Gasteiger partial charge on any atom is 0.108 e. The summed E-state index contributed by atoms with van der Waals surface area (Å²) in [5.41, 5.74) is 3.47. The molecule has 1 aromatic carbocycles. The molecule has 0 aliphatic heterocycles. The van der Waals surface area contributed by atoms with Crippen molar-refractivity contribution in [2.24, 2.45) is 0 Å². The van der Waals surface area contributed by atoms with Gasteiger partial charge in [-0.3, -0.25) is 0 Å². The number of nitrogens with zero attached hydrogens (tertiary/aromatic N) is 1. The molecule has 3 nitrogen and oxygen atoms in total. The van der Waals surface area contributed by atoms with Crippen LogP contribution in [0.3, 0.4) is 0 Å². The summed E-state index contributed by atoms with van der Waals surface area (Å²) in [6, 6.07) is 8.44. The van der Waals surface area contributed by atoms with Gasteiger partial charge in [0.1, 0.15) is 5.82 Å². The molecular weight excluding hydrogens is 200 g/mol. The number of aliphatic hydroxyl groups excluding tert-OH is 1. The molecule has 1 aromatic heterocycles. The average molecular weight is 216 g/mol. The van der Waals surface area contributed by atoms with Crippen LogP contribution in [0, 0.1) is 0 Å². The molecule has 0 aliphatic rings. The third-order valence-corrected chi connectivity index (χ3v) is 2.65. The van der Waals surface area contributed by atoms with E-state index >= 15 is 0 Å². The number of aliphatic hydroxyl groups is 1. The molecule has 2 N–H and O–H groups in total. The number of H-pyrrole nitrogens is 1. The number of imidazole rings is 1. The summed E-state index contributed by atoms with van der Waals surface area (Å²) in [5.74, 6) is 0.831. The molecule has 0 atom stereocenters. The van der Waals surface area contributed by atoms with E-state index in [-0.39, 0.29) is 6.61 Å². The van der Waals surface area contributed by atoms with Crippen LogP contribution < -0.4 is 0 Å². The maximum absolute atomic E-state index is 8.81. The molecule has 1 heterocycles. The van der Waals surface area contributed by atoms with Gasteiger partial charge in [-0.15, -0.1) is 0 Å². The molecule has 0 saturated heterocycles. The summed E-state index contributed by atoms with van der Waals surface area (Å²) < 4.78 is 0. The Bertz CT molecular complexity index is 445. The van der Waals surface area contributed by atoms with E-state index in [1.807, 2.05) is 6.20 Å². The molecule has 0 spiro atoms. The first-order chi connectivity index (χ1) is 7.83. The lowest BCUT2D eigenvalue weighted by molar-refractivity contribution is 0.297. The summed E-state index contributed by atoms with van der Waals surface area (Å²) >= 11 is 0. The van der Waals surface area contributed by atoms with Gasteiger partial charge in [0.15, 0.2) is 0 Å². The molecule has 0 saturated carbocycles. The van der Waals surface area contributed by atoms with Crippen molar-refractivity contribution in [3.05, 3.63) is 41.9 Å². The Hall–Kier alpha value is -1.61. The molecule has 0 unspecified atom stereocenters. The fraction of sp³-hybridized carbons (Fsp3) is 0.308. The fourth-order valence-corrected chi connectivity index (χ4v) is 1.66. The molecule has 16 heavy (non-hydrogen) atoms. The second-order valence-corrected chi connectivity index (χ2v) is 3.77. The summed E-state index contributed by atoms with van der Waals surface area (Å²) in [7, 11) is 0. The first-order valence-corrected chi connectivity index (χ1v) is 5.57. The standard InChI is InChI=1S/C13H16N2O/c1-2-10-3-5-11(6-4-10)12-9-14-13(15-12)7-8-16/h3-6,9,16H,2,7-8H2,1H3,(H,14,15). The van der Waals surface area contributed by atoms with E-state index in [0.717, 1.165) is 23.5 Å². The normalized spacial score (nSPS) is 10.6. The van der Waals surface area contributed by atoms with E-state index in [1.54, 1.807) is 0 Å². The Morgan fingerprint density at radius 3 is 2.62 bits per heavy atom. The molecule has 0 amide bonds. The van der Waals surface area contributed by atoms with Gasteiger partial charge in [0.2, 0.25) is 0 Å². The van der Waals surface area contributed by atoms with Crippen LogP contribution in [-0.2, 0) is 12.8 Å². The van der Waals surface area contributed by atoms with Gasteiger partial charge >= 0.3 is 0 Å². The summed E-state index contributed by atoms with van der Waals surface area (Å²) in [5, 5.41) is 8.81. The van der Waals surface area contributed by atoms with Crippen molar-refractivity contribution >= 4 is 0 Å². The third-order valence-electron chi connectivity index (χ3n) is 2.65. The largest absolute Gasteiger partial charge is 0.396 e. The van der Waals surface area contributed by atoms with Crippen LogP contribution >= 0.6 is 0 Å². The lowest BCUT2D eigenvalue weighted by Gasteiger charge is -1.99. The summed E-state index contributed by atoms with van der Waals surface area (Å²) in [4.78, 5) is 7.41. The molecular formula is C13H16N2O. The zero-order chi connectivity index (χ0) is 11.4. The van der Waals surface area contributed by atoms with Crippen LogP contribution in [0.5, 0.6) is 0 Å². The molecule has 2 aromatic rings. The van der Waals surface area contributed by atoms with Gasteiger partial charge in [-0.25, -0.2) is 4.98 Å². The van der Waals surface area contributed by atoms with E-state index in [1.165, 1.54) is 5.56 Å². The second kappa shape index (κ2) is 4.94. The topological polar surface area (TPSA) is 48.9 Å². The number of hydrogen-bond donors (Lipinski definition) is 2. The second-order valence-electron chi connectivity index (χ2n) is 3.77. The monoisotopic (exact) mass is 216 g/mol. The van der Waals surface area contributed by atoms with Crippen LogP contribution in [0.4, 0.5) is 0 Å². The van der Waals surface area contributed by atoms with Gasteiger partial charge in [0.05, 0.1) is 18.5 Å². The number of nitrogens with one attached hydrogen (secondary N) is 1. The Morgan fingerprint density at radius 1 is 1.25 bits per heavy atom. The van der Waals surface area contributed by atoms with Crippen LogP contribution in [0.15, 0.2) is 30.5 Å².